The molecule has 0 atom stereocenters. The van der Waals surface area contributed by atoms with Crippen molar-refractivity contribution in [2.75, 3.05) is 7.11 Å². The van der Waals surface area contributed by atoms with E-state index in [1.807, 2.05) is 36.4 Å². The molecule has 0 N–H and O–H groups in total. The molecule has 5 heteroatoms. The zero-order valence-corrected chi connectivity index (χ0v) is 18.1. The summed E-state index contributed by atoms with van der Waals surface area (Å²) >= 11 is 6.31. The fourth-order valence-electron chi connectivity index (χ4n) is 4.72. The second kappa shape index (κ2) is 7.21. The summed E-state index contributed by atoms with van der Waals surface area (Å²) in [4.78, 5) is 18.3. The summed E-state index contributed by atoms with van der Waals surface area (Å²) in [6.45, 7) is 0. The Morgan fingerprint density at radius 2 is 1.81 bits per heavy atom. The Hall–Kier alpha value is -3.63. The van der Waals surface area contributed by atoms with Crippen LogP contribution in [0.5, 0.6) is 5.75 Å². The number of ether oxygens (including phenoxy) is 1. The maximum absolute atomic E-state index is 13.3. The zero-order valence-electron chi connectivity index (χ0n) is 17.3. The van der Waals surface area contributed by atoms with Crippen LogP contribution in [0.25, 0.3) is 44.3 Å². The van der Waals surface area contributed by atoms with Crippen molar-refractivity contribution in [2.24, 2.45) is 0 Å². The normalized spacial score (nSPS) is 12.6. The van der Waals surface area contributed by atoms with Crippen LogP contribution < -0.4 is 10.4 Å². The number of halogens is 1. The van der Waals surface area contributed by atoms with Crippen LogP contribution in [0.15, 0.2) is 75.9 Å². The minimum Gasteiger partial charge on any atom is -0.497 e. The summed E-state index contributed by atoms with van der Waals surface area (Å²) < 4.78 is 11.1. The molecule has 0 bridgehead atoms. The van der Waals surface area contributed by atoms with Gasteiger partial charge in [0.1, 0.15) is 11.3 Å². The third-order valence-corrected chi connectivity index (χ3v) is 6.43. The Morgan fingerprint density at radius 1 is 1.00 bits per heavy atom. The summed E-state index contributed by atoms with van der Waals surface area (Å²) in [6.07, 6.45) is 1.69. The fourth-order valence-corrected chi connectivity index (χ4v) is 4.89. The number of aryl methyl sites for hydroxylation is 1. The van der Waals surface area contributed by atoms with E-state index < -0.39 is 5.63 Å². The van der Waals surface area contributed by atoms with Crippen molar-refractivity contribution < 1.29 is 9.15 Å². The summed E-state index contributed by atoms with van der Waals surface area (Å²) in [6, 6.07) is 21.4. The first kappa shape index (κ1) is 19.1. The Labute approximate surface area is 189 Å². The maximum Gasteiger partial charge on any atom is 0.346 e. The first-order chi connectivity index (χ1) is 15.6. The molecule has 0 unspecified atom stereocenters. The van der Waals surface area contributed by atoms with Gasteiger partial charge in [-0.1, -0.05) is 48.0 Å². The number of hydrogen-bond donors (Lipinski definition) is 0. The Morgan fingerprint density at radius 3 is 2.62 bits per heavy atom. The van der Waals surface area contributed by atoms with E-state index in [0.29, 0.717) is 21.5 Å². The van der Waals surface area contributed by atoms with Crippen LogP contribution in [0, 0.1) is 0 Å². The van der Waals surface area contributed by atoms with Gasteiger partial charge in [-0.2, -0.15) is 0 Å². The van der Waals surface area contributed by atoms with Gasteiger partial charge in [0.25, 0.3) is 0 Å². The van der Waals surface area contributed by atoms with E-state index >= 15 is 0 Å². The van der Waals surface area contributed by atoms with Crippen LogP contribution in [-0.2, 0) is 12.8 Å². The molecule has 156 valence electrons. The number of methoxy groups -OCH3 is 1. The summed E-state index contributed by atoms with van der Waals surface area (Å²) in [5.74, 6) is 0.760. The van der Waals surface area contributed by atoms with Crippen molar-refractivity contribution in [1.82, 2.24) is 4.98 Å². The number of benzene rings is 3. The molecule has 32 heavy (non-hydrogen) atoms. The molecule has 6 rings (SSSR count). The van der Waals surface area contributed by atoms with Gasteiger partial charge < -0.3 is 9.15 Å². The third-order valence-electron chi connectivity index (χ3n) is 6.20. The average molecular weight is 440 g/mol. The SMILES string of the molecule is COc1ccc(-c2c3c(nc4c2c(=O)oc2ccc(Cl)cc24)-c2ccccc2CC3)cc1. The highest BCUT2D eigenvalue weighted by atomic mass is 35.5. The Kier molecular flexibility index (Phi) is 4.30. The summed E-state index contributed by atoms with van der Waals surface area (Å²) in [5, 5.41) is 1.79. The molecule has 2 aromatic heterocycles. The number of nitrogens with zero attached hydrogens (tertiary/aromatic N) is 1. The molecule has 0 fully saturated rings. The number of rotatable bonds is 2. The van der Waals surface area contributed by atoms with E-state index in [-0.39, 0.29) is 0 Å². The molecule has 0 aliphatic heterocycles. The van der Waals surface area contributed by atoms with Crippen LogP contribution >= 0.6 is 11.6 Å². The Balaban J connectivity index is 1.81. The molecule has 5 aromatic rings. The smallest absolute Gasteiger partial charge is 0.346 e. The topological polar surface area (TPSA) is 52.3 Å². The van der Waals surface area contributed by atoms with Gasteiger partial charge in [0.15, 0.2) is 0 Å². The van der Waals surface area contributed by atoms with Crippen molar-refractivity contribution in [3.05, 3.63) is 93.3 Å². The van der Waals surface area contributed by atoms with E-state index in [1.54, 1.807) is 19.2 Å². The lowest BCUT2D eigenvalue weighted by molar-refractivity contribution is 0.415. The fraction of sp³-hybridized carbons (Fsp3) is 0.111. The molecule has 2 heterocycles. The Bertz CT molecular complexity index is 1590. The number of hydrogen-bond acceptors (Lipinski definition) is 4. The molecule has 4 nitrogen and oxygen atoms in total. The van der Waals surface area contributed by atoms with Crippen LogP contribution in [-0.4, -0.2) is 12.1 Å². The molecule has 0 radical (unpaired) electrons. The second-order valence-electron chi connectivity index (χ2n) is 7.95. The van der Waals surface area contributed by atoms with Crippen molar-refractivity contribution >= 4 is 33.5 Å². The largest absolute Gasteiger partial charge is 0.497 e. The van der Waals surface area contributed by atoms with Gasteiger partial charge in [-0.3, -0.25) is 0 Å². The monoisotopic (exact) mass is 439 g/mol. The lowest BCUT2D eigenvalue weighted by Gasteiger charge is -2.23. The average Bonchev–Trinajstić information content (AvgIpc) is 2.83. The van der Waals surface area contributed by atoms with E-state index in [2.05, 4.69) is 18.2 Å². The van der Waals surface area contributed by atoms with Gasteiger partial charge in [0.05, 0.1) is 23.7 Å². The predicted molar refractivity (Wildman–Crippen MR) is 128 cm³/mol. The predicted octanol–water partition coefficient (Wildman–Crippen LogP) is 6.44. The van der Waals surface area contributed by atoms with Crippen molar-refractivity contribution in [1.29, 1.82) is 0 Å². The second-order valence-corrected chi connectivity index (χ2v) is 8.39. The lowest BCUT2D eigenvalue weighted by Crippen LogP contribution is -2.12. The number of fused-ring (bicyclic) bond motifs is 6. The van der Waals surface area contributed by atoms with Gasteiger partial charge in [0.2, 0.25) is 0 Å². The van der Waals surface area contributed by atoms with E-state index in [0.717, 1.165) is 51.9 Å². The highest BCUT2D eigenvalue weighted by molar-refractivity contribution is 6.31. The summed E-state index contributed by atoms with van der Waals surface area (Å²) in [5.41, 5.74) is 6.85. The van der Waals surface area contributed by atoms with Gasteiger partial charge >= 0.3 is 5.63 Å². The molecule has 0 spiro atoms. The van der Waals surface area contributed by atoms with Crippen LogP contribution in [0.3, 0.4) is 0 Å². The summed E-state index contributed by atoms with van der Waals surface area (Å²) in [7, 11) is 1.64. The minimum absolute atomic E-state index is 0.394. The molecule has 1 aliphatic carbocycles. The van der Waals surface area contributed by atoms with Gasteiger partial charge in [-0.25, -0.2) is 9.78 Å². The van der Waals surface area contributed by atoms with Gasteiger partial charge in [-0.15, -0.1) is 0 Å². The molecule has 3 aromatic carbocycles. The zero-order chi connectivity index (χ0) is 21.8. The number of aromatic nitrogens is 1. The lowest BCUT2D eigenvalue weighted by atomic mass is 9.83. The van der Waals surface area contributed by atoms with E-state index in [9.17, 15) is 4.79 Å². The van der Waals surface area contributed by atoms with Crippen LogP contribution in [0.4, 0.5) is 0 Å². The van der Waals surface area contributed by atoms with Crippen LogP contribution in [0.2, 0.25) is 5.02 Å². The van der Waals surface area contributed by atoms with Crippen molar-refractivity contribution in [3.8, 4) is 28.1 Å². The molecular formula is C27H18ClNO3. The van der Waals surface area contributed by atoms with E-state index in [1.165, 1.54) is 5.56 Å². The number of pyridine rings is 1. The van der Waals surface area contributed by atoms with Gasteiger partial charge in [-0.05, 0) is 59.9 Å². The molecule has 1 aliphatic rings. The maximum atomic E-state index is 13.3. The van der Waals surface area contributed by atoms with Gasteiger partial charge in [0, 0.05) is 21.5 Å². The minimum atomic E-state index is -0.394. The van der Waals surface area contributed by atoms with Crippen LogP contribution in [0.1, 0.15) is 11.1 Å². The third kappa shape index (κ3) is 2.84. The molecule has 0 saturated heterocycles. The first-order valence-corrected chi connectivity index (χ1v) is 10.8. The molecule has 0 saturated carbocycles. The molecular weight excluding hydrogens is 422 g/mol. The highest BCUT2D eigenvalue weighted by Gasteiger charge is 2.26. The highest BCUT2D eigenvalue weighted by Crippen LogP contribution is 2.42. The standard InChI is InChI=1S/C27H18ClNO3/c1-31-18-10-6-16(7-11-18)23-20-12-8-15-4-2-3-5-19(15)25(20)29-26-21-14-17(28)9-13-22(21)32-27(30)24(23)26/h2-7,9-11,13-14H,8,12H2,1H3. The van der Waals surface area contributed by atoms with E-state index in [4.69, 9.17) is 25.7 Å². The first-order valence-electron chi connectivity index (χ1n) is 10.5. The van der Waals surface area contributed by atoms with Crippen molar-refractivity contribution in [3.63, 3.8) is 0 Å². The molecule has 0 amide bonds. The van der Waals surface area contributed by atoms with Crippen molar-refractivity contribution in [2.45, 2.75) is 12.8 Å². The quantitative estimate of drug-likeness (QED) is 0.235.